The van der Waals surface area contributed by atoms with Gasteiger partial charge in [-0.05, 0) is 42.3 Å². The number of rotatable bonds is 6. The second-order valence-electron chi connectivity index (χ2n) is 8.82. The van der Waals surface area contributed by atoms with Crippen LogP contribution in [0.15, 0.2) is 82.9 Å². The highest BCUT2D eigenvalue weighted by Gasteiger charge is 2.39. The number of aliphatic imine (C=N–C) groups is 1. The Morgan fingerprint density at radius 1 is 1.11 bits per heavy atom. The Labute approximate surface area is 224 Å². The van der Waals surface area contributed by atoms with Crippen LogP contribution in [-0.2, 0) is 9.59 Å². The number of aryl methyl sites for hydroxylation is 1. The van der Waals surface area contributed by atoms with Crippen molar-refractivity contribution < 1.29 is 14.3 Å². The molecule has 1 N–H and O–H groups in total. The van der Waals surface area contributed by atoms with E-state index >= 15 is 0 Å². The summed E-state index contributed by atoms with van der Waals surface area (Å²) < 4.78 is 5.30. The minimum absolute atomic E-state index is 0.0114. The van der Waals surface area contributed by atoms with Crippen LogP contribution in [0.25, 0.3) is 0 Å². The highest BCUT2D eigenvalue weighted by atomic mass is 35.5. The molecule has 0 unspecified atom stereocenters. The fraction of sp³-hybridized carbons (Fsp3) is 0.214. The summed E-state index contributed by atoms with van der Waals surface area (Å²) in [6.45, 7) is 2.04. The van der Waals surface area contributed by atoms with Crippen molar-refractivity contribution in [2.24, 2.45) is 10.1 Å². The third-order valence-electron chi connectivity index (χ3n) is 6.23. The summed E-state index contributed by atoms with van der Waals surface area (Å²) in [7, 11) is 1.54. The topological polar surface area (TPSA) is 83.4 Å². The Hall–Kier alpha value is -3.62. The lowest BCUT2D eigenvalue weighted by Crippen LogP contribution is -2.25. The van der Waals surface area contributed by atoms with Crippen LogP contribution < -0.4 is 10.1 Å². The molecule has 0 aromatic heterocycles. The lowest BCUT2D eigenvalue weighted by Gasteiger charge is -2.23. The average Bonchev–Trinajstić information content (AvgIpc) is 3.49. The van der Waals surface area contributed by atoms with E-state index in [-0.39, 0.29) is 24.3 Å². The van der Waals surface area contributed by atoms with Gasteiger partial charge in [-0.1, -0.05) is 77.5 Å². The molecule has 2 aliphatic rings. The van der Waals surface area contributed by atoms with Gasteiger partial charge in [0.2, 0.25) is 5.91 Å². The molecular formula is C28H25ClN4O3S. The number of thioether (sulfide) groups is 1. The molecule has 0 bridgehead atoms. The van der Waals surface area contributed by atoms with Crippen LogP contribution in [-0.4, -0.2) is 40.1 Å². The van der Waals surface area contributed by atoms with Crippen molar-refractivity contribution in [3.8, 4) is 5.75 Å². The molecule has 2 heterocycles. The van der Waals surface area contributed by atoms with Crippen LogP contribution in [0.5, 0.6) is 5.75 Å². The number of hydrogen-bond donors (Lipinski definition) is 1. The zero-order chi connectivity index (χ0) is 25.9. The first-order valence-corrected chi connectivity index (χ1v) is 13.1. The lowest BCUT2D eigenvalue weighted by atomic mass is 9.98. The van der Waals surface area contributed by atoms with Crippen LogP contribution in [0.1, 0.15) is 35.6 Å². The van der Waals surface area contributed by atoms with Gasteiger partial charge in [0.05, 0.1) is 24.6 Å². The third kappa shape index (κ3) is 5.55. The van der Waals surface area contributed by atoms with Crippen molar-refractivity contribution in [2.75, 3.05) is 12.4 Å². The van der Waals surface area contributed by atoms with E-state index in [0.29, 0.717) is 28.0 Å². The number of carbonyl (C=O) groups excluding carboxylic acids is 2. The van der Waals surface area contributed by atoms with Gasteiger partial charge >= 0.3 is 0 Å². The number of ether oxygens (including phenoxy) is 1. The standard InChI is InChI=1S/C28H25ClN4O3S/c1-17-7-9-18(10-8-17)22-15-23(19-11-13-20(29)14-12-19)33(32-22)28-31-27(35)25(37-28)16-26(34)30-21-5-3-4-6-24(21)36-2/h3-14,23,25H,15-16H2,1-2H3,(H,30,34)/t23-,25+/m1/s1. The normalized spacial score (nSPS) is 19.0. The number of carbonyl (C=O) groups is 2. The molecule has 0 saturated heterocycles. The molecule has 3 aromatic carbocycles. The molecule has 2 amide bonds. The lowest BCUT2D eigenvalue weighted by molar-refractivity contribution is -0.121. The number of para-hydroxylation sites is 2. The number of anilines is 1. The molecule has 5 rings (SSSR count). The maximum atomic E-state index is 12.8. The monoisotopic (exact) mass is 532 g/mol. The molecule has 0 aliphatic carbocycles. The molecule has 0 saturated carbocycles. The van der Waals surface area contributed by atoms with Crippen LogP contribution in [0.4, 0.5) is 5.69 Å². The van der Waals surface area contributed by atoms with Gasteiger partial charge in [0.15, 0.2) is 5.17 Å². The summed E-state index contributed by atoms with van der Waals surface area (Å²) in [6.07, 6.45) is 0.639. The van der Waals surface area contributed by atoms with Gasteiger partial charge in [-0.2, -0.15) is 10.1 Å². The van der Waals surface area contributed by atoms with E-state index in [1.165, 1.54) is 17.3 Å². The minimum Gasteiger partial charge on any atom is -0.495 e. The number of hydrazone groups is 1. The Morgan fingerprint density at radius 3 is 2.57 bits per heavy atom. The smallest absolute Gasteiger partial charge is 0.262 e. The first kappa shape index (κ1) is 25.0. The Balaban J connectivity index is 1.35. The van der Waals surface area contributed by atoms with E-state index < -0.39 is 5.25 Å². The molecular weight excluding hydrogens is 508 g/mol. The van der Waals surface area contributed by atoms with Gasteiger partial charge in [0.25, 0.3) is 5.91 Å². The SMILES string of the molecule is COc1ccccc1NC(=O)C[C@@H]1SC(N2N=C(c3ccc(C)cc3)C[C@@H]2c2ccc(Cl)cc2)=NC1=O. The van der Waals surface area contributed by atoms with Gasteiger partial charge in [0.1, 0.15) is 11.0 Å². The Morgan fingerprint density at radius 2 is 1.84 bits per heavy atom. The largest absolute Gasteiger partial charge is 0.495 e. The maximum absolute atomic E-state index is 12.8. The van der Waals surface area contributed by atoms with Crippen molar-refractivity contribution in [1.82, 2.24) is 5.01 Å². The quantitative estimate of drug-likeness (QED) is 0.431. The van der Waals surface area contributed by atoms with Gasteiger partial charge in [-0.15, -0.1) is 0 Å². The Bertz CT molecular complexity index is 1390. The van der Waals surface area contributed by atoms with Crippen molar-refractivity contribution in [1.29, 1.82) is 0 Å². The highest BCUT2D eigenvalue weighted by molar-refractivity contribution is 8.15. The first-order valence-electron chi connectivity index (χ1n) is 11.8. The number of halogens is 1. The summed E-state index contributed by atoms with van der Waals surface area (Å²) in [4.78, 5) is 29.9. The summed E-state index contributed by atoms with van der Waals surface area (Å²) in [5.74, 6) is -0.0747. The van der Waals surface area contributed by atoms with Crippen molar-refractivity contribution in [3.05, 3.63) is 94.5 Å². The summed E-state index contributed by atoms with van der Waals surface area (Å²) in [5, 5.41) is 10.0. The van der Waals surface area contributed by atoms with E-state index in [1.54, 1.807) is 24.3 Å². The van der Waals surface area contributed by atoms with E-state index in [9.17, 15) is 9.59 Å². The predicted molar refractivity (Wildman–Crippen MR) is 148 cm³/mol. The Kier molecular flexibility index (Phi) is 7.30. The highest BCUT2D eigenvalue weighted by Crippen LogP contribution is 2.39. The van der Waals surface area contributed by atoms with Gasteiger partial charge in [-0.25, -0.2) is 5.01 Å². The molecule has 188 valence electrons. The molecule has 9 heteroatoms. The summed E-state index contributed by atoms with van der Waals surface area (Å²) in [6, 6.07) is 22.8. The summed E-state index contributed by atoms with van der Waals surface area (Å²) >= 11 is 7.39. The molecule has 37 heavy (non-hydrogen) atoms. The molecule has 2 atom stereocenters. The average molecular weight is 533 g/mol. The van der Waals surface area contributed by atoms with Crippen molar-refractivity contribution in [2.45, 2.75) is 31.1 Å². The number of benzene rings is 3. The van der Waals surface area contributed by atoms with E-state index in [0.717, 1.165) is 16.8 Å². The molecule has 0 radical (unpaired) electrons. The van der Waals surface area contributed by atoms with Gasteiger partial charge in [-0.3, -0.25) is 9.59 Å². The maximum Gasteiger partial charge on any atom is 0.262 e. The number of nitrogens with zero attached hydrogens (tertiary/aromatic N) is 3. The molecule has 0 fully saturated rings. The van der Waals surface area contributed by atoms with Gasteiger partial charge in [0, 0.05) is 17.9 Å². The van der Waals surface area contributed by atoms with E-state index in [2.05, 4.69) is 34.6 Å². The third-order valence-corrected chi connectivity index (χ3v) is 7.62. The molecule has 0 spiro atoms. The number of amides is 2. The second-order valence-corrected chi connectivity index (χ2v) is 10.4. The number of amidine groups is 1. The van der Waals surface area contributed by atoms with Crippen molar-refractivity contribution in [3.63, 3.8) is 0 Å². The molecule has 2 aliphatic heterocycles. The van der Waals surface area contributed by atoms with Crippen LogP contribution in [0.2, 0.25) is 5.02 Å². The number of nitrogens with one attached hydrogen (secondary N) is 1. The van der Waals surface area contributed by atoms with Crippen molar-refractivity contribution >= 4 is 51.7 Å². The molecule has 3 aromatic rings. The van der Waals surface area contributed by atoms with E-state index in [4.69, 9.17) is 21.4 Å². The zero-order valence-electron chi connectivity index (χ0n) is 20.3. The predicted octanol–water partition coefficient (Wildman–Crippen LogP) is 5.83. The van der Waals surface area contributed by atoms with Crippen LogP contribution >= 0.6 is 23.4 Å². The fourth-order valence-corrected chi connectivity index (χ4v) is 5.46. The number of hydrogen-bond acceptors (Lipinski definition) is 6. The van der Waals surface area contributed by atoms with Gasteiger partial charge < -0.3 is 10.1 Å². The van der Waals surface area contributed by atoms with Crippen LogP contribution in [0.3, 0.4) is 0 Å². The van der Waals surface area contributed by atoms with Crippen LogP contribution in [0, 0.1) is 6.92 Å². The van der Waals surface area contributed by atoms with E-state index in [1.807, 2.05) is 43.3 Å². The first-order chi connectivity index (χ1) is 17.9. The number of methoxy groups -OCH3 is 1. The molecule has 7 nitrogen and oxygen atoms in total. The minimum atomic E-state index is -0.630. The second kappa shape index (κ2) is 10.8. The summed E-state index contributed by atoms with van der Waals surface area (Å²) in [5.41, 5.74) is 4.68. The fourth-order valence-electron chi connectivity index (χ4n) is 4.27. The zero-order valence-corrected chi connectivity index (χ0v) is 21.9.